The number of halogens is 2. The molecule has 0 aromatic heterocycles. The van der Waals surface area contributed by atoms with Crippen LogP contribution in [-0.4, -0.2) is 35.4 Å². The minimum absolute atomic E-state index is 0.0471. The molecule has 0 heterocycles. The van der Waals surface area contributed by atoms with Crippen molar-refractivity contribution < 1.29 is 38.1 Å². The first kappa shape index (κ1) is 17.8. The molecule has 1 atom stereocenters. The number of hydrogen-bond donors (Lipinski definition) is 2. The third kappa shape index (κ3) is 5.28. The highest BCUT2D eigenvalue weighted by Crippen LogP contribution is 2.28. The van der Waals surface area contributed by atoms with Gasteiger partial charge in [-0.15, -0.1) is 0 Å². The normalized spacial score (nSPS) is 12.0. The second-order valence-corrected chi connectivity index (χ2v) is 4.30. The number of alkyl halides is 2. The Morgan fingerprint density at radius 2 is 2.00 bits per heavy atom. The fourth-order valence-corrected chi connectivity index (χ4v) is 1.78. The Kier molecular flexibility index (Phi) is 6.71. The summed E-state index contributed by atoms with van der Waals surface area (Å²) in [5, 5.41) is 18.4. The highest BCUT2D eigenvalue weighted by atomic mass is 19.3. The van der Waals surface area contributed by atoms with Gasteiger partial charge < -0.3 is 19.7 Å². The maximum Gasteiger partial charge on any atom is 0.387 e. The first-order valence-corrected chi connectivity index (χ1v) is 6.49. The summed E-state index contributed by atoms with van der Waals surface area (Å²) in [6.07, 6.45) is -1.74. The van der Waals surface area contributed by atoms with Crippen LogP contribution >= 0.6 is 0 Å². The zero-order chi connectivity index (χ0) is 16.7. The molecule has 6 nitrogen and oxygen atoms in total. The topological polar surface area (TPSA) is 93.1 Å². The number of aliphatic carboxylic acids is 1. The number of aliphatic hydroxyl groups excluding tert-OH is 1. The van der Waals surface area contributed by atoms with Gasteiger partial charge in [-0.2, -0.15) is 8.78 Å². The molecule has 8 heteroatoms. The maximum absolute atomic E-state index is 12.3. The minimum Gasteiger partial charge on any atom is -0.479 e. The molecule has 0 amide bonds. The van der Waals surface area contributed by atoms with E-state index in [0.717, 1.165) is 6.07 Å². The zero-order valence-electron chi connectivity index (χ0n) is 11.8. The van der Waals surface area contributed by atoms with Crippen LogP contribution in [0.5, 0.6) is 5.75 Å². The predicted octanol–water partition coefficient (Wildman–Crippen LogP) is 1.90. The summed E-state index contributed by atoms with van der Waals surface area (Å²) >= 11 is 0. The van der Waals surface area contributed by atoms with Crippen LogP contribution in [0.15, 0.2) is 18.2 Å². The quantitative estimate of drug-likeness (QED) is 0.711. The molecule has 1 aromatic rings. The molecule has 0 saturated heterocycles. The van der Waals surface area contributed by atoms with Crippen molar-refractivity contribution in [1.82, 2.24) is 0 Å². The van der Waals surface area contributed by atoms with E-state index in [1.165, 1.54) is 12.1 Å². The number of aryl methyl sites for hydroxylation is 1. The van der Waals surface area contributed by atoms with Crippen LogP contribution < -0.4 is 4.74 Å². The van der Waals surface area contributed by atoms with E-state index in [2.05, 4.69) is 4.74 Å². The Balaban J connectivity index is 2.95. The Hall–Kier alpha value is -2.22. The van der Waals surface area contributed by atoms with E-state index in [9.17, 15) is 23.5 Å². The summed E-state index contributed by atoms with van der Waals surface area (Å²) in [5.74, 6) is -2.46. The van der Waals surface area contributed by atoms with Crippen molar-refractivity contribution in [2.45, 2.75) is 32.5 Å². The predicted molar refractivity (Wildman–Crippen MR) is 70.6 cm³/mol. The van der Waals surface area contributed by atoms with Gasteiger partial charge >= 0.3 is 18.6 Å². The van der Waals surface area contributed by atoms with E-state index in [1.807, 2.05) is 0 Å². The summed E-state index contributed by atoms with van der Waals surface area (Å²) in [5.41, 5.74) is 0.194. The molecule has 0 aliphatic heterocycles. The number of carboxylic acids is 1. The number of hydrogen-bond acceptors (Lipinski definition) is 5. The van der Waals surface area contributed by atoms with Crippen LogP contribution in [0.2, 0.25) is 0 Å². The van der Waals surface area contributed by atoms with Gasteiger partial charge in [0.05, 0.1) is 6.61 Å². The summed E-state index contributed by atoms with van der Waals surface area (Å²) < 4.78 is 33.5. The lowest BCUT2D eigenvalue weighted by molar-refractivity contribution is -0.147. The van der Waals surface area contributed by atoms with Gasteiger partial charge in [-0.1, -0.05) is 6.07 Å². The van der Waals surface area contributed by atoms with Crippen LogP contribution in [0.1, 0.15) is 30.6 Å². The van der Waals surface area contributed by atoms with E-state index >= 15 is 0 Å². The summed E-state index contributed by atoms with van der Waals surface area (Å²) in [6.45, 7) is -1.25. The number of esters is 1. The van der Waals surface area contributed by atoms with Gasteiger partial charge in [0.1, 0.15) is 5.75 Å². The summed E-state index contributed by atoms with van der Waals surface area (Å²) in [4.78, 5) is 22.1. The van der Waals surface area contributed by atoms with Gasteiger partial charge in [0, 0.05) is 12.0 Å². The van der Waals surface area contributed by atoms with Crippen molar-refractivity contribution in [2.24, 2.45) is 0 Å². The number of ether oxygens (including phenoxy) is 2. The number of carbonyl (C=O) groups excluding carboxylic acids is 1. The zero-order valence-corrected chi connectivity index (χ0v) is 11.8. The number of carbonyl (C=O) groups is 2. The van der Waals surface area contributed by atoms with Crippen molar-refractivity contribution in [1.29, 1.82) is 0 Å². The highest BCUT2D eigenvalue weighted by Gasteiger charge is 2.22. The molecule has 22 heavy (non-hydrogen) atoms. The largest absolute Gasteiger partial charge is 0.479 e. The highest BCUT2D eigenvalue weighted by molar-refractivity contribution is 5.75. The lowest BCUT2D eigenvalue weighted by atomic mass is 10.0. The van der Waals surface area contributed by atoms with Crippen LogP contribution in [-0.2, 0) is 20.7 Å². The van der Waals surface area contributed by atoms with E-state index in [1.54, 1.807) is 6.92 Å². The molecule has 2 N–H and O–H groups in total. The molecule has 122 valence electrons. The molecule has 0 aliphatic carbocycles. The second kappa shape index (κ2) is 8.28. The van der Waals surface area contributed by atoms with Crippen LogP contribution in [0.4, 0.5) is 8.78 Å². The summed E-state index contributed by atoms with van der Waals surface area (Å²) in [7, 11) is 0. The van der Waals surface area contributed by atoms with E-state index < -0.39 is 30.4 Å². The van der Waals surface area contributed by atoms with Gasteiger partial charge in [-0.3, -0.25) is 4.79 Å². The van der Waals surface area contributed by atoms with Crippen molar-refractivity contribution >= 4 is 11.9 Å². The molecular weight excluding hydrogens is 302 g/mol. The minimum atomic E-state index is -3.15. The van der Waals surface area contributed by atoms with E-state index in [0.29, 0.717) is 5.56 Å². The maximum atomic E-state index is 12.3. The first-order chi connectivity index (χ1) is 10.3. The Labute approximate surface area is 125 Å². The first-order valence-electron chi connectivity index (χ1n) is 6.49. The van der Waals surface area contributed by atoms with E-state index in [4.69, 9.17) is 9.84 Å². The van der Waals surface area contributed by atoms with E-state index in [-0.39, 0.29) is 25.0 Å². The molecule has 1 aromatic carbocycles. The van der Waals surface area contributed by atoms with Gasteiger partial charge in [-0.05, 0) is 31.0 Å². The van der Waals surface area contributed by atoms with Crippen molar-refractivity contribution in [2.75, 3.05) is 6.61 Å². The van der Waals surface area contributed by atoms with Gasteiger partial charge in [0.25, 0.3) is 0 Å². The average molecular weight is 318 g/mol. The van der Waals surface area contributed by atoms with Crippen molar-refractivity contribution in [3.63, 3.8) is 0 Å². The van der Waals surface area contributed by atoms with Crippen LogP contribution in [0.25, 0.3) is 0 Å². The molecule has 0 radical (unpaired) electrons. The molecule has 0 spiro atoms. The van der Waals surface area contributed by atoms with Gasteiger partial charge in [0.2, 0.25) is 0 Å². The standard InChI is InChI=1S/C14H16F2O6/c1-2-21-11(17)6-4-8-3-5-10(22-14(15)16)9(7-8)12(18)13(19)20/h3,5,7,12,14,18H,2,4,6H2,1H3,(H,19,20). The molecule has 1 unspecified atom stereocenters. The smallest absolute Gasteiger partial charge is 0.387 e. The second-order valence-electron chi connectivity index (χ2n) is 4.30. The molecule has 1 rings (SSSR count). The Morgan fingerprint density at radius 3 is 2.55 bits per heavy atom. The van der Waals surface area contributed by atoms with Crippen LogP contribution in [0.3, 0.4) is 0 Å². The third-order valence-corrected chi connectivity index (χ3v) is 2.74. The molecule has 0 saturated carbocycles. The molecule has 0 fully saturated rings. The molecule has 0 bridgehead atoms. The lowest BCUT2D eigenvalue weighted by Gasteiger charge is -2.14. The van der Waals surface area contributed by atoms with Gasteiger partial charge in [-0.25, -0.2) is 4.79 Å². The fourth-order valence-electron chi connectivity index (χ4n) is 1.78. The monoisotopic (exact) mass is 318 g/mol. The fraction of sp³-hybridized carbons (Fsp3) is 0.429. The number of carboxylic acid groups (broad SMARTS) is 1. The summed E-state index contributed by atoms with van der Waals surface area (Å²) in [6, 6.07) is 3.76. The van der Waals surface area contributed by atoms with Gasteiger partial charge in [0.15, 0.2) is 6.10 Å². The molecule has 0 aliphatic rings. The third-order valence-electron chi connectivity index (χ3n) is 2.74. The Morgan fingerprint density at radius 1 is 1.32 bits per heavy atom. The number of benzene rings is 1. The molecular formula is C14H16F2O6. The Bertz CT molecular complexity index is 532. The van der Waals surface area contributed by atoms with Crippen LogP contribution in [0, 0.1) is 0 Å². The lowest BCUT2D eigenvalue weighted by Crippen LogP contribution is -2.14. The number of aliphatic hydroxyl groups is 1. The average Bonchev–Trinajstić information content (AvgIpc) is 2.45. The SMILES string of the molecule is CCOC(=O)CCc1ccc(OC(F)F)c(C(O)C(=O)O)c1. The van der Waals surface area contributed by atoms with Crippen molar-refractivity contribution in [3.8, 4) is 5.75 Å². The number of rotatable bonds is 8. The van der Waals surface area contributed by atoms with Crippen molar-refractivity contribution in [3.05, 3.63) is 29.3 Å².